The van der Waals surface area contributed by atoms with Crippen LogP contribution in [0.25, 0.3) is 0 Å². The Morgan fingerprint density at radius 2 is 1.66 bits per heavy atom. The largest absolute Gasteiger partial charge is 0.490 e. The zero-order valence-electron chi connectivity index (χ0n) is 23.5. The van der Waals surface area contributed by atoms with E-state index in [0.29, 0.717) is 6.54 Å². The van der Waals surface area contributed by atoms with Gasteiger partial charge in [-0.05, 0) is 54.8 Å². The van der Waals surface area contributed by atoms with Crippen LogP contribution >= 0.6 is 0 Å². The maximum Gasteiger partial charge on any atom is 0.490 e. The number of amides is 1. The van der Waals surface area contributed by atoms with Crippen LogP contribution in [0.2, 0.25) is 0 Å². The van der Waals surface area contributed by atoms with Gasteiger partial charge in [-0.25, -0.2) is 13.6 Å². The van der Waals surface area contributed by atoms with Crippen molar-refractivity contribution in [3.05, 3.63) is 89.0 Å². The molecule has 2 saturated heterocycles. The van der Waals surface area contributed by atoms with Gasteiger partial charge in [0.1, 0.15) is 5.54 Å². The van der Waals surface area contributed by atoms with Gasteiger partial charge >= 0.3 is 18.6 Å². The minimum absolute atomic E-state index is 0.101. The van der Waals surface area contributed by atoms with Crippen LogP contribution in [0.5, 0.6) is 0 Å². The highest BCUT2D eigenvalue weighted by Gasteiger charge is 2.51. The lowest BCUT2D eigenvalue weighted by molar-refractivity contribution is -0.192. The molecule has 2 fully saturated rings. The molecule has 2 aliphatic heterocycles. The molecule has 0 bridgehead atoms. The third-order valence-corrected chi connectivity index (χ3v) is 7.45. The summed E-state index contributed by atoms with van der Waals surface area (Å²) in [5, 5.41) is 9.37. The van der Waals surface area contributed by atoms with Gasteiger partial charge in [0.05, 0.1) is 17.6 Å². The zero-order valence-corrected chi connectivity index (χ0v) is 23.5. The molecule has 1 unspecified atom stereocenters. The van der Waals surface area contributed by atoms with Gasteiger partial charge in [-0.15, -0.1) is 0 Å². The summed E-state index contributed by atoms with van der Waals surface area (Å²) < 4.78 is 85.3. The van der Waals surface area contributed by atoms with Crippen molar-refractivity contribution in [2.24, 2.45) is 5.41 Å². The summed E-state index contributed by atoms with van der Waals surface area (Å²) in [6, 6.07) is 8.59. The molecule has 8 nitrogen and oxygen atoms in total. The van der Waals surface area contributed by atoms with Crippen LogP contribution in [-0.4, -0.2) is 70.6 Å². The minimum atomic E-state index is -5.08. The van der Waals surface area contributed by atoms with Crippen LogP contribution in [0.1, 0.15) is 29.3 Å². The van der Waals surface area contributed by atoms with Gasteiger partial charge in [0.15, 0.2) is 11.6 Å². The number of aryl methyl sites for hydroxylation is 1. The lowest BCUT2D eigenvalue weighted by Gasteiger charge is -2.61. The molecule has 5 rings (SSSR count). The number of nitrogens with one attached hydrogen (secondary N) is 1. The number of alkyl halides is 5. The van der Waals surface area contributed by atoms with E-state index in [1.54, 1.807) is 12.3 Å². The number of anilines is 1. The molecular formula is C29H28F7N5O3. The van der Waals surface area contributed by atoms with E-state index in [1.165, 1.54) is 13.0 Å². The number of carbonyl (C=O) groups excluding carboxylic acids is 1. The summed E-state index contributed by atoms with van der Waals surface area (Å²) in [5.74, 6) is -6.51. The number of hydrogen-bond acceptors (Lipinski definition) is 6. The smallest absolute Gasteiger partial charge is 0.475 e. The highest BCUT2D eigenvalue weighted by molar-refractivity contribution is 5.80. The maximum absolute atomic E-state index is 13.9. The van der Waals surface area contributed by atoms with Crippen LogP contribution in [0.4, 0.5) is 36.4 Å². The molecule has 0 saturated carbocycles. The average Bonchev–Trinajstić information content (AvgIpc) is 2.90. The molecule has 1 amide bonds. The number of aromatic nitrogens is 2. The van der Waals surface area contributed by atoms with Crippen LogP contribution in [0, 0.1) is 24.0 Å². The van der Waals surface area contributed by atoms with E-state index in [-0.39, 0.29) is 16.7 Å². The Bertz CT molecular complexity index is 1510. The van der Waals surface area contributed by atoms with Crippen molar-refractivity contribution in [2.45, 2.75) is 38.5 Å². The SMILES string of the molecule is Cc1cncc(N2CC3(CN(Cc4ccc(C(C)(NC(=O)C(F)F)c5ccc(F)c(F)c5)nc4)C3)C2)c1.O=C(O)C(F)(F)F. The van der Waals surface area contributed by atoms with Gasteiger partial charge in [0, 0.05) is 50.5 Å². The maximum atomic E-state index is 13.9. The van der Waals surface area contributed by atoms with Crippen LogP contribution in [-0.2, 0) is 21.7 Å². The second-order valence-electron chi connectivity index (χ2n) is 11.1. The van der Waals surface area contributed by atoms with Gasteiger partial charge in [-0.2, -0.15) is 22.0 Å². The average molecular weight is 628 g/mol. The number of hydrogen-bond donors (Lipinski definition) is 2. The van der Waals surface area contributed by atoms with Crippen molar-refractivity contribution in [3.63, 3.8) is 0 Å². The standard InChI is InChI=1S/C27H27F4N5O.C2HF3O2/c1-17-7-20(11-32-9-17)36-15-27(16-36)13-35(14-27)12-18-3-6-23(33-10-18)26(2,34-25(37)24(30)31)19-4-5-21(28)22(29)8-19;3-2(4,5)1(6)7/h3-11,24H,12-16H2,1-2H3,(H,34,37);(H,6,7). The Balaban J connectivity index is 0.000000566. The Labute approximate surface area is 247 Å². The van der Waals surface area contributed by atoms with Crippen LogP contribution in [0.15, 0.2) is 55.0 Å². The number of carbonyl (C=O) groups is 2. The van der Waals surface area contributed by atoms with Gasteiger partial charge < -0.3 is 15.3 Å². The van der Waals surface area contributed by atoms with E-state index in [0.717, 1.165) is 55.1 Å². The normalized spacial score (nSPS) is 17.2. The third-order valence-electron chi connectivity index (χ3n) is 7.45. The number of rotatable bonds is 7. The molecule has 236 valence electrons. The molecule has 2 aliphatic rings. The van der Waals surface area contributed by atoms with E-state index in [9.17, 15) is 35.5 Å². The highest BCUT2D eigenvalue weighted by atomic mass is 19.4. The predicted octanol–water partition coefficient (Wildman–Crippen LogP) is 4.66. The van der Waals surface area contributed by atoms with E-state index in [1.807, 2.05) is 25.4 Å². The first kappa shape index (κ1) is 32.6. The minimum Gasteiger partial charge on any atom is -0.475 e. The Hall–Kier alpha value is -4.27. The van der Waals surface area contributed by atoms with Crippen molar-refractivity contribution >= 4 is 17.6 Å². The summed E-state index contributed by atoms with van der Waals surface area (Å²) in [6.07, 6.45) is -3.00. The molecule has 2 aromatic heterocycles. The molecular weight excluding hydrogens is 599 g/mol. The molecule has 44 heavy (non-hydrogen) atoms. The van der Waals surface area contributed by atoms with Crippen LogP contribution < -0.4 is 10.2 Å². The Morgan fingerprint density at radius 3 is 2.18 bits per heavy atom. The lowest BCUT2D eigenvalue weighted by atomic mass is 9.72. The van der Waals surface area contributed by atoms with Crippen molar-refractivity contribution in [1.82, 2.24) is 20.2 Å². The summed E-state index contributed by atoms with van der Waals surface area (Å²) in [5.41, 5.74) is 2.24. The van der Waals surface area contributed by atoms with E-state index in [2.05, 4.69) is 31.2 Å². The van der Waals surface area contributed by atoms with E-state index in [4.69, 9.17) is 9.90 Å². The first-order chi connectivity index (χ1) is 20.5. The predicted molar refractivity (Wildman–Crippen MR) is 144 cm³/mol. The summed E-state index contributed by atoms with van der Waals surface area (Å²) >= 11 is 0. The fourth-order valence-electron chi connectivity index (χ4n) is 5.34. The van der Waals surface area contributed by atoms with Crippen molar-refractivity contribution in [1.29, 1.82) is 0 Å². The molecule has 4 heterocycles. The highest BCUT2D eigenvalue weighted by Crippen LogP contribution is 2.42. The lowest BCUT2D eigenvalue weighted by Crippen LogP contribution is -2.72. The second-order valence-corrected chi connectivity index (χ2v) is 11.1. The van der Waals surface area contributed by atoms with E-state index < -0.39 is 41.7 Å². The van der Waals surface area contributed by atoms with Crippen molar-refractivity contribution < 1.29 is 45.4 Å². The van der Waals surface area contributed by atoms with Crippen molar-refractivity contribution in [3.8, 4) is 0 Å². The Kier molecular flexibility index (Phi) is 9.18. The molecule has 0 radical (unpaired) electrons. The fraction of sp³-hybridized carbons (Fsp3) is 0.379. The number of halogens is 7. The van der Waals surface area contributed by atoms with Crippen LogP contribution in [0.3, 0.4) is 0 Å². The number of likely N-dealkylation sites (tertiary alicyclic amines) is 1. The number of pyridine rings is 2. The fourth-order valence-corrected chi connectivity index (χ4v) is 5.34. The van der Waals surface area contributed by atoms with E-state index >= 15 is 0 Å². The molecule has 1 aromatic carbocycles. The van der Waals surface area contributed by atoms with Gasteiger partial charge in [0.2, 0.25) is 0 Å². The second kappa shape index (κ2) is 12.4. The van der Waals surface area contributed by atoms with Gasteiger partial charge in [0.25, 0.3) is 5.91 Å². The Morgan fingerprint density at radius 1 is 1.00 bits per heavy atom. The number of carboxylic acid groups (broad SMARTS) is 1. The first-order valence-electron chi connectivity index (χ1n) is 13.2. The first-order valence-corrected chi connectivity index (χ1v) is 13.2. The number of benzene rings is 1. The molecule has 3 aromatic rings. The molecule has 0 aliphatic carbocycles. The van der Waals surface area contributed by atoms with Gasteiger partial charge in [-0.1, -0.05) is 12.1 Å². The zero-order chi connectivity index (χ0) is 32.4. The third kappa shape index (κ3) is 7.26. The summed E-state index contributed by atoms with van der Waals surface area (Å²) in [6.45, 7) is 8.04. The summed E-state index contributed by atoms with van der Waals surface area (Å²) in [7, 11) is 0. The monoisotopic (exact) mass is 627 g/mol. The summed E-state index contributed by atoms with van der Waals surface area (Å²) in [4.78, 5) is 34.1. The number of aliphatic carboxylic acids is 1. The molecule has 15 heteroatoms. The number of carboxylic acids is 1. The molecule has 1 atom stereocenters. The quantitative estimate of drug-likeness (QED) is 0.368. The number of nitrogens with zero attached hydrogens (tertiary/aromatic N) is 4. The van der Waals surface area contributed by atoms with Crippen molar-refractivity contribution in [2.75, 3.05) is 31.1 Å². The van der Waals surface area contributed by atoms with Gasteiger partial charge in [-0.3, -0.25) is 19.7 Å². The molecule has 2 N–H and O–H groups in total. The molecule has 1 spiro atoms. The topological polar surface area (TPSA) is 98.7 Å².